The molecule has 0 aliphatic carbocycles. The molecular formula is C31H30FN5O. The molecule has 0 radical (unpaired) electrons. The van der Waals surface area contributed by atoms with Gasteiger partial charge >= 0.3 is 0 Å². The number of rotatable bonds is 9. The van der Waals surface area contributed by atoms with Gasteiger partial charge < -0.3 is 15.5 Å². The molecule has 0 atom stereocenters. The molecule has 2 heterocycles. The zero-order valence-corrected chi connectivity index (χ0v) is 21.2. The zero-order chi connectivity index (χ0) is 26.3. The maximum absolute atomic E-state index is 13.8. The lowest BCUT2D eigenvalue weighted by molar-refractivity contribution is -0.114. The highest BCUT2D eigenvalue weighted by molar-refractivity contribution is 5.91. The fourth-order valence-electron chi connectivity index (χ4n) is 4.60. The van der Waals surface area contributed by atoms with E-state index in [0.29, 0.717) is 23.1 Å². The Morgan fingerprint density at radius 1 is 0.895 bits per heavy atom. The molecule has 0 spiro atoms. The summed E-state index contributed by atoms with van der Waals surface area (Å²) in [5, 5.41) is 6.55. The number of ketones is 1. The Kier molecular flexibility index (Phi) is 7.73. The minimum Gasteiger partial charge on any atom is -0.371 e. The largest absolute Gasteiger partial charge is 0.371 e. The van der Waals surface area contributed by atoms with E-state index < -0.39 is 0 Å². The summed E-state index contributed by atoms with van der Waals surface area (Å²) in [5.74, 6) is 0.540. The van der Waals surface area contributed by atoms with Gasteiger partial charge in [0.15, 0.2) is 5.78 Å². The van der Waals surface area contributed by atoms with E-state index in [1.807, 2.05) is 42.5 Å². The smallest absolute Gasteiger partial charge is 0.229 e. The summed E-state index contributed by atoms with van der Waals surface area (Å²) < 4.78 is 13.8. The van der Waals surface area contributed by atoms with Crippen LogP contribution in [0.1, 0.15) is 24.8 Å². The Balaban J connectivity index is 1.48. The average molecular weight is 508 g/mol. The molecule has 1 aromatic heterocycles. The molecule has 1 fully saturated rings. The molecule has 4 aromatic rings. The maximum Gasteiger partial charge on any atom is 0.229 e. The summed E-state index contributed by atoms with van der Waals surface area (Å²) in [6, 6.07) is 24.0. The number of hydrogen-bond donors (Lipinski definition) is 2. The lowest BCUT2D eigenvalue weighted by Crippen LogP contribution is -2.29. The number of aromatic nitrogens is 2. The summed E-state index contributed by atoms with van der Waals surface area (Å²) in [6.45, 7) is 5.68. The van der Waals surface area contributed by atoms with Crippen LogP contribution in [0.3, 0.4) is 0 Å². The Morgan fingerprint density at radius 3 is 2.45 bits per heavy atom. The monoisotopic (exact) mass is 507 g/mol. The van der Waals surface area contributed by atoms with E-state index in [-0.39, 0.29) is 18.0 Å². The quantitative estimate of drug-likeness (QED) is 0.236. The first kappa shape index (κ1) is 25.1. The van der Waals surface area contributed by atoms with Crippen LogP contribution in [0.4, 0.5) is 33.2 Å². The van der Waals surface area contributed by atoms with Crippen molar-refractivity contribution in [1.82, 2.24) is 9.97 Å². The highest BCUT2D eigenvalue weighted by Gasteiger charge is 2.13. The van der Waals surface area contributed by atoms with Gasteiger partial charge in [-0.15, -0.1) is 0 Å². The molecular weight excluding hydrogens is 477 g/mol. The molecule has 38 heavy (non-hydrogen) atoms. The van der Waals surface area contributed by atoms with Crippen LogP contribution in [0, 0.1) is 5.82 Å². The lowest BCUT2D eigenvalue weighted by atomic mass is 10.0. The van der Waals surface area contributed by atoms with Crippen LogP contribution in [0.15, 0.2) is 91.5 Å². The van der Waals surface area contributed by atoms with Gasteiger partial charge in [-0.3, -0.25) is 4.79 Å². The molecule has 192 valence electrons. The Hall–Kier alpha value is -4.52. The second kappa shape index (κ2) is 11.7. The number of benzene rings is 3. The average Bonchev–Trinajstić information content (AvgIpc) is 2.94. The SMILES string of the molecule is C=CC(=O)Cc1cccc(-c2cc(Nc3cccc(F)c3)nc(Nc3cccc(N4CCCCC4)c3)n2)c1. The van der Waals surface area contributed by atoms with Gasteiger partial charge in [-0.1, -0.05) is 36.9 Å². The molecule has 3 aromatic carbocycles. The highest BCUT2D eigenvalue weighted by Crippen LogP contribution is 2.28. The van der Waals surface area contributed by atoms with Crippen molar-refractivity contribution in [2.45, 2.75) is 25.7 Å². The van der Waals surface area contributed by atoms with E-state index in [1.165, 1.54) is 43.2 Å². The van der Waals surface area contributed by atoms with Crippen LogP contribution in [0.2, 0.25) is 0 Å². The van der Waals surface area contributed by atoms with E-state index in [1.54, 1.807) is 12.1 Å². The number of allylic oxidation sites excluding steroid dienone is 1. The number of anilines is 5. The first-order valence-corrected chi connectivity index (χ1v) is 12.8. The molecule has 2 N–H and O–H groups in total. The highest BCUT2D eigenvalue weighted by atomic mass is 19.1. The minimum absolute atomic E-state index is 0.0470. The summed E-state index contributed by atoms with van der Waals surface area (Å²) in [4.78, 5) is 23.8. The van der Waals surface area contributed by atoms with Gasteiger partial charge in [0.25, 0.3) is 0 Å². The summed E-state index contributed by atoms with van der Waals surface area (Å²) in [7, 11) is 0. The summed E-state index contributed by atoms with van der Waals surface area (Å²) in [5.41, 5.74) is 5.01. The molecule has 6 nitrogen and oxygen atoms in total. The van der Waals surface area contributed by atoms with Gasteiger partial charge in [0.05, 0.1) is 5.69 Å². The van der Waals surface area contributed by atoms with Crippen molar-refractivity contribution < 1.29 is 9.18 Å². The van der Waals surface area contributed by atoms with Crippen LogP contribution in [-0.4, -0.2) is 28.8 Å². The van der Waals surface area contributed by atoms with Gasteiger partial charge in [0, 0.05) is 48.2 Å². The maximum atomic E-state index is 13.8. The van der Waals surface area contributed by atoms with E-state index >= 15 is 0 Å². The molecule has 1 aliphatic rings. The van der Waals surface area contributed by atoms with E-state index in [4.69, 9.17) is 4.98 Å². The summed E-state index contributed by atoms with van der Waals surface area (Å²) >= 11 is 0. The van der Waals surface area contributed by atoms with Crippen molar-refractivity contribution in [2.75, 3.05) is 28.6 Å². The van der Waals surface area contributed by atoms with Crippen LogP contribution >= 0.6 is 0 Å². The number of nitrogens with zero attached hydrogens (tertiary/aromatic N) is 3. The normalized spacial score (nSPS) is 13.1. The predicted molar refractivity (Wildman–Crippen MR) is 152 cm³/mol. The molecule has 5 rings (SSSR count). The zero-order valence-electron chi connectivity index (χ0n) is 21.2. The van der Waals surface area contributed by atoms with E-state index in [2.05, 4.69) is 39.2 Å². The van der Waals surface area contributed by atoms with E-state index in [0.717, 1.165) is 29.9 Å². The third kappa shape index (κ3) is 6.42. The van der Waals surface area contributed by atoms with Crippen molar-refractivity contribution >= 4 is 34.6 Å². The molecule has 0 bridgehead atoms. The van der Waals surface area contributed by atoms with Crippen molar-refractivity contribution in [3.63, 3.8) is 0 Å². The first-order chi connectivity index (χ1) is 18.6. The molecule has 1 saturated heterocycles. The van der Waals surface area contributed by atoms with E-state index in [9.17, 15) is 9.18 Å². The van der Waals surface area contributed by atoms with Crippen molar-refractivity contribution in [3.05, 3.63) is 103 Å². The Labute approximate surface area is 222 Å². The van der Waals surface area contributed by atoms with Crippen molar-refractivity contribution in [2.24, 2.45) is 0 Å². The molecule has 0 saturated carbocycles. The third-order valence-electron chi connectivity index (χ3n) is 6.48. The van der Waals surface area contributed by atoms with Crippen LogP contribution in [-0.2, 0) is 11.2 Å². The molecule has 1 aliphatic heterocycles. The fraction of sp³-hybridized carbons (Fsp3) is 0.194. The number of hydrogen-bond acceptors (Lipinski definition) is 6. The second-order valence-electron chi connectivity index (χ2n) is 9.37. The molecule has 0 amide bonds. The fourth-order valence-corrected chi connectivity index (χ4v) is 4.60. The Morgan fingerprint density at radius 2 is 1.66 bits per heavy atom. The lowest BCUT2D eigenvalue weighted by Gasteiger charge is -2.29. The van der Waals surface area contributed by atoms with Crippen LogP contribution < -0.4 is 15.5 Å². The first-order valence-electron chi connectivity index (χ1n) is 12.8. The van der Waals surface area contributed by atoms with Gasteiger partial charge in [0.1, 0.15) is 11.6 Å². The number of halogens is 1. The second-order valence-corrected chi connectivity index (χ2v) is 9.37. The van der Waals surface area contributed by atoms with Crippen molar-refractivity contribution in [1.29, 1.82) is 0 Å². The topological polar surface area (TPSA) is 70.2 Å². The number of carbonyl (C=O) groups is 1. The number of carbonyl (C=O) groups excluding carboxylic acids is 1. The minimum atomic E-state index is -0.336. The van der Waals surface area contributed by atoms with Gasteiger partial charge in [-0.25, -0.2) is 9.37 Å². The Bertz CT molecular complexity index is 1450. The standard InChI is InChI=1S/C31H30FN5O/c1-2-28(38)18-22-9-6-10-23(17-22)29-21-30(33-25-12-7-11-24(32)19-25)36-31(35-29)34-26-13-8-14-27(20-26)37-15-4-3-5-16-37/h2,6-14,17,19-21H,1,3-5,15-16,18H2,(H2,33,34,35,36). The third-order valence-corrected chi connectivity index (χ3v) is 6.48. The van der Waals surface area contributed by atoms with Crippen LogP contribution in [0.5, 0.6) is 0 Å². The number of piperidine rings is 1. The molecule has 7 heteroatoms. The van der Waals surface area contributed by atoms with Crippen molar-refractivity contribution in [3.8, 4) is 11.3 Å². The molecule has 0 unspecified atom stereocenters. The number of nitrogens with one attached hydrogen (secondary N) is 2. The van der Waals surface area contributed by atoms with Gasteiger partial charge in [0.2, 0.25) is 5.95 Å². The van der Waals surface area contributed by atoms with Crippen LogP contribution in [0.25, 0.3) is 11.3 Å². The summed E-state index contributed by atoms with van der Waals surface area (Å²) in [6.07, 6.45) is 5.29. The van der Waals surface area contributed by atoms with Gasteiger partial charge in [-0.05, 0) is 73.4 Å². The van der Waals surface area contributed by atoms with Gasteiger partial charge in [-0.2, -0.15) is 4.98 Å². The predicted octanol–water partition coefficient (Wildman–Crippen LogP) is 7.06.